The van der Waals surface area contributed by atoms with E-state index < -0.39 is 17.2 Å². The topological polar surface area (TPSA) is 62.1 Å². The Bertz CT molecular complexity index is 318. The van der Waals surface area contributed by atoms with Crippen LogP contribution in [0.15, 0.2) is 0 Å². The Hall–Kier alpha value is -1.24. The molecule has 0 spiro atoms. The van der Waals surface area contributed by atoms with E-state index in [9.17, 15) is 10.1 Å². The second-order valence-electron chi connectivity index (χ2n) is 6.09. The highest BCUT2D eigenvalue weighted by Crippen LogP contribution is 2.26. The number of amides is 1. The maximum atomic E-state index is 11.8. The number of alkyl carbamates (subject to hydrolysis) is 1. The van der Waals surface area contributed by atoms with Crippen molar-refractivity contribution in [2.24, 2.45) is 0 Å². The number of nitrogens with zero attached hydrogens (tertiary/aromatic N) is 1. The van der Waals surface area contributed by atoms with Crippen molar-refractivity contribution in [2.75, 3.05) is 0 Å². The molecule has 1 amide bonds. The van der Waals surface area contributed by atoms with Crippen molar-refractivity contribution < 1.29 is 9.53 Å². The molecule has 102 valence electrons. The third-order valence-electron chi connectivity index (χ3n) is 3.16. The van der Waals surface area contributed by atoms with Crippen LogP contribution in [0.1, 0.15) is 65.7 Å². The number of nitriles is 1. The average Bonchev–Trinajstić information content (AvgIpc) is 2.19. The van der Waals surface area contributed by atoms with E-state index in [1.54, 1.807) is 0 Å². The highest BCUT2D eigenvalue weighted by Gasteiger charge is 2.33. The van der Waals surface area contributed by atoms with Crippen LogP contribution < -0.4 is 5.32 Å². The zero-order valence-corrected chi connectivity index (χ0v) is 11.7. The monoisotopic (exact) mass is 252 g/mol. The minimum Gasteiger partial charge on any atom is -0.444 e. The predicted molar refractivity (Wildman–Crippen MR) is 70.0 cm³/mol. The molecular formula is C14H24N2O2. The van der Waals surface area contributed by atoms with E-state index in [0.29, 0.717) is 0 Å². The van der Waals surface area contributed by atoms with Crippen molar-refractivity contribution in [2.45, 2.75) is 76.9 Å². The second kappa shape index (κ2) is 6.08. The van der Waals surface area contributed by atoms with Gasteiger partial charge in [0.05, 0.1) is 6.07 Å². The Morgan fingerprint density at radius 3 is 2.11 bits per heavy atom. The number of hydrogen-bond donors (Lipinski definition) is 1. The van der Waals surface area contributed by atoms with Gasteiger partial charge in [0.15, 0.2) is 0 Å². The molecule has 1 rings (SSSR count). The normalized spacial score (nSPS) is 20.1. The quantitative estimate of drug-likeness (QED) is 0.776. The fourth-order valence-corrected chi connectivity index (χ4v) is 2.27. The van der Waals surface area contributed by atoms with Crippen LogP contribution in [0.5, 0.6) is 0 Å². The molecule has 0 radical (unpaired) electrons. The van der Waals surface area contributed by atoms with Crippen LogP contribution in [0.2, 0.25) is 0 Å². The number of carbonyl (C=O) groups excluding carboxylic acids is 1. The number of hydrogen-bond acceptors (Lipinski definition) is 3. The van der Waals surface area contributed by atoms with E-state index >= 15 is 0 Å². The summed E-state index contributed by atoms with van der Waals surface area (Å²) in [5, 5.41) is 12.2. The van der Waals surface area contributed by atoms with Gasteiger partial charge < -0.3 is 10.1 Å². The molecule has 0 bridgehead atoms. The highest BCUT2D eigenvalue weighted by molar-refractivity contribution is 5.69. The van der Waals surface area contributed by atoms with E-state index in [4.69, 9.17) is 4.74 Å². The van der Waals surface area contributed by atoms with Gasteiger partial charge in [-0.1, -0.05) is 32.1 Å². The Balaban J connectivity index is 2.63. The largest absolute Gasteiger partial charge is 0.444 e. The molecule has 0 aromatic heterocycles. The van der Waals surface area contributed by atoms with Crippen LogP contribution >= 0.6 is 0 Å². The average molecular weight is 252 g/mol. The van der Waals surface area contributed by atoms with Crippen LogP contribution in [-0.2, 0) is 4.74 Å². The first kappa shape index (κ1) is 14.8. The van der Waals surface area contributed by atoms with Crippen LogP contribution in [0.3, 0.4) is 0 Å². The van der Waals surface area contributed by atoms with Crippen molar-refractivity contribution in [3.63, 3.8) is 0 Å². The predicted octanol–water partition coefficient (Wildman–Crippen LogP) is 3.52. The summed E-state index contributed by atoms with van der Waals surface area (Å²) in [6.07, 6.45) is 6.45. The number of carbonyl (C=O) groups is 1. The lowest BCUT2D eigenvalue weighted by Crippen LogP contribution is -2.49. The SMILES string of the molecule is CC(C)(C)OC(=O)NC1(C#N)CCCCCCC1. The van der Waals surface area contributed by atoms with Gasteiger partial charge in [-0.15, -0.1) is 0 Å². The van der Waals surface area contributed by atoms with Gasteiger partial charge in [-0.2, -0.15) is 5.26 Å². The van der Waals surface area contributed by atoms with E-state index in [0.717, 1.165) is 38.5 Å². The lowest BCUT2D eigenvalue weighted by molar-refractivity contribution is 0.0467. The second-order valence-corrected chi connectivity index (χ2v) is 6.09. The van der Waals surface area contributed by atoms with Crippen LogP contribution in [0.4, 0.5) is 4.79 Å². The van der Waals surface area contributed by atoms with Gasteiger partial charge >= 0.3 is 6.09 Å². The lowest BCUT2D eigenvalue weighted by atomic mass is 9.85. The summed E-state index contributed by atoms with van der Waals surface area (Å²) in [4.78, 5) is 11.8. The zero-order chi connectivity index (χ0) is 13.6. The number of ether oxygens (including phenoxy) is 1. The van der Waals surface area contributed by atoms with E-state index in [-0.39, 0.29) is 0 Å². The van der Waals surface area contributed by atoms with Crippen LogP contribution in [0, 0.1) is 11.3 Å². The van der Waals surface area contributed by atoms with E-state index in [1.807, 2.05) is 20.8 Å². The third kappa shape index (κ3) is 4.95. The minimum atomic E-state index is -0.733. The number of nitrogens with one attached hydrogen (secondary N) is 1. The van der Waals surface area contributed by atoms with Crippen molar-refractivity contribution in [3.05, 3.63) is 0 Å². The Labute approximate surface area is 110 Å². The van der Waals surface area contributed by atoms with Crippen LogP contribution in [0.25, 0.3) is 0 Å². The van der Waals surface area contributed by atoms with Crippen LogP contribution in [-0.4, -0.2) is 17.2 Å². The van der Waals surface area contributed by atoms with Gasteiger partial charge in [0.25, 0.3) is 0 Å². The van der Waals surface area contributed by atoms with Crippen molar-refractivity contribution in [3.8, 4) is 6.07 Å². The molecule has 0 unspecified atom stereocenters. The first-order chi connectivity index (χ1) is 8.37. The standard InChI is InChI=1S/C14H24N2O2/c1-13(2,3)18-12(17)16-14(11-15)9-7-5-4-6-8-10-14/h4-10H2,1-3H3,(H,16,17). The van der Waals surface area contributed by atoms with Gasteiger partial charge in [0.1, 0.15) is 11.1 Å². The summed E-state index contributed by atoms with van der Waals surface area (Å²) < 4.78 is 5.24. The fourth-order valence-electron chi connectivity index (χ4n) is 2.27. The number of rotatable bonds is 1. The molecule has 0 heterocycles. The lowest BCUT2D eigenvalue weighted by Gasteiger charge is -2.31. The maximum Gasteiger partial charge on any atom is 0.408 e. The smallest absolute Gasteiger partial charge is 0.408 e. The van der Waals surface area contributed by atoms with E-state index in [1.165, 1.54) is 6.42 Å². The molecule has 1 aliphatic carbocycles. The summed E-state index contributed by atoms with van der Waals surface area (Å²) in [7, 11) is 0. The summed E-state index contributed by atoms with van der Waals surface area (Å²) in [6.45, 7) is 5.47. The Kier molecular flexibility index (Phi) is 5.01. The molecule has 1 aliphatic rings. The van der Waals surface area contributed by atoms with Gasteiger partial charge in [-0.25, -0.2) is 4.79 Å². The molecule has 0 aromatic rings. The van der Waals surface area contributed by atoms with Crippen molar-refractivity contribution >= 4 is 6.09 Å². The maximum absolute atomic E-state index is 11.8. The minimum absolute atomic E-state index is 0.482. The Morgan fingerprint density at radius 1 is 1.17 bits per heavy atom. The first-order valence-corrected chi connectivity index (χ1v) is 6.79. The molecular weight excluding hydrogens is 228 g/mol. The molecule has 4 nitrogen and oxygen atoms in total. The third-order valence-corrected chi connectivity index (χ3v) is 3.16. The van der Waals surface area contributed by atoms with Gasteiger partial charge in [0, 0.05) is 0 Å². The summed E-state index contributed by atoms with van der Waals surface area (Å²) in [6, 6.07) is 2.29. The molecule has 18 heavy (non-hydrogen) atoms. The first-order valence-electron chi connectivity index (χ1n) is 6.79. The zero-order valence-electron chi connectivity index (χ0n) is 11.7. The molecule has 1 saturated carbocycles. The van der Waals surface area contributed by atoms with E-state index in [2.05, 4.69) is 11.4 Å². The van der Waals surface area contributed by atoms with Gasteiger partial charge in [0.2, 0.25) is 0 Å². The summed E-state index contributed by atoms with van der Waals surface area (Å²) in [5.41, 5.74) is -1.26. The molecule has 0 aliphatic heterocycles. The molecule has 1 fully saturated rings. The molecule has 4 heteroatoms. The van der Waals surface area contributed by atoms with Crippen molar-refractivity contribution in [1.82, 2.24) is 5.32 Å². The Morgan fingerprint density at radius 2 is 1.67 bits per heavy atom. The van der Waals surface area contributed by atoms with Gasteiger partial charge in [-0.05, 0) is 33.6 Å². The van der Waals surface area contributed by atoms with Crippen molar-refractivity contribution in [1.29, 1.82) is 5.26 Å². The summed E-state index contributed by atoms with van der Waals surface area (Å²) in [5.74, 6) is 0. The summed E-state index contributed by atoms with van der Waals surface area (Å²) >= 11 is 0. The molecule has 0 saturated heterocycles. The van der Waals surface area contributed by atoms with Gasteiger partial charge in [-0.3, -0.25) is 0 Å². The molecule has 0 aromatic carbocycles. The fraction of sp³-hybridized carbons (Fsp3) is 0.857. The molecule has 0 atom stereocenters. The molecule has 1 N–H and O–H groups in total. The highest BCUT2D eigenvalue weighted by atomic mass is 16.6.